The van der Waals surface area contributed by atoms with Crippen molar-refractivity contribution in [3.63, 3.8) is 0 Å². The van der Waals surface area contributed by atoms with Gasteiger partial charge in [-0.3, -0.25) is 4.79 Å². The van der Waals surface area contributed by atoms with Gasteiger partial charge < -0.3 is 10.1 Å². The smallest absolute Gasteiger partial charge is 0.305 e. The van der Waals surface area contributed by atoms with Crippen LogP contribution in [0.25, 0.3) is 0 Å². The van der Waals surface area contributed by atoms with Crippen molar-refractivity contribution in [1.82, 2.24) is 15.3 Å². The molecule has 1 N–H and O–H groups in total. The Labute approximate surface area is 88.9 Å². The van der Waals surface area contributed by atoms with Gasteiger partial charge in [0.2, 0.25) is 0 Å². The normalized spacial score (nSPS) is 9.93. The average molecular weight is 209 g/mol. The van der Waals surface area contributed by atoms with E-state index in [1.54, 1.807) is 12.4 Å². The minimum atomic E-state index is -0.167. The van der Waals surface area contributed by atoms with Crippen molar-refractivity contribution in [2.24, 2.45) is 0 Å². The Morgan fingerprint density at radius 1 is 1.47 bits per heavy atom. The number of nitrogens with zero attached hydrogens (tertiary/aromatic N) is 2. The van der Waals surface area contributed by atoms with E-state index in [4.69, 9.17) is 0 Å². The van der Waals surface area contributed by atoms with E-state index in [2.05, 4.69) is 20.0 Å². The number of nitrogens with one attached hydrogen (secondary N) is 1. The topological polar surface area (TPSA) is 64.1 Å². The predicted octanol–water partition coefficient (Wildman–Crippen LogP) is 0.519. The average Bonchev–Trinajstić information content (AvgIpc) is 2.29. The molecule has 0 aliphatic rings. The molecule has 1 rings (SSSR count). The van der Waals surface area contributed by atoms with Gasteiger partial charge in [0.15, 0.2) is 0 Å². The van der Waals surface area contributed by atoms with Crippen molar-refractivity contribution < 1.29 is 9.53 Å². The summed E-state index contributed by atoms with van der Waals surface area (Å²) in [5, 5.41) is 3.19. The molecule has 82 valence electrons. The van der Waals surface area contributed by atoms with E-state index in [-0.39, 0.29) is 5.97 Å². The van der Waals surface area contributed by atoms with Gasteiger partial charge in [-0.15, -0.1) is 0 Å². The first-order valence-corrected chi connectivity index (χ1v) is 4.84. The maximum absolute atomic E-state index is 10.8. The third-order valence-corrected chi connectivity index (χ3v) is 1.91. The van der Waals surface area contributed by atoms with Crippen molar-refractivity contribution >= 4 is 5.97 Å². The molecule has 5 heteroatoms. The molecule has 5 nitrogen and oxygen atoms in total. The second kappa shape index (κ2) is 6.89. The Kier molecular flexibility index (Phi) is 5.32. The standard InChI is InChI=1S/C10H15N3O2/c1-15-10(14)3-2-4-11-5-9-6-12-8-13-7-9/h6-8,11H,2-5H2,1H3. The zero-order chi connectivity index (χ0) is 10.9. The first-order valence-electron chi connectivity index (χ1n) is 4.84. The number of carbonyl (C=O) groups is 1. The van der Waals surface area contributed by atoms with Crippen LogP contribution in [0.15, 0.2) is 18.7 Å². The van der Waals surface area contributed by atoms with Crippen molar-refractivity contribution in [3.8, 4) is 0 Å². The number of carbonyl (C=O) groups excluding carboxylic acids is 1. The number of hydrogen-bond acceptors (Lipinski definition) is 5. The van der Waals surface area contributed by atoms with E-state index in [0.29, 0.717) is 6.42 Å². The zero-order valence-electron chi connectivity index (χ0n) is 8.77. The third-order valence-electron chi connectivity index (χ3n) is 1.91. The quantitative estimate of drug-likeness (QED) is 0.546. The van der Waals surface area contributed by atoms with Gasteiger partial charge in [0.25, 0.3) is 0 Å². The molecule has 0 bridgehead atoms. The van der Waals surface area contributed by atoms with Gasteiger partial charge in [-0.25, -0.2) is 9.97 Å². The number of esters is 1. The van der Waals surface area contributed by atoms with Gasteiger partial charge in [0.05, 0.1) is 7.11 Å². The van der Waals surface area contributed by atoms with Gasteiger partial charge >= 0.3 is 5.97 Å². The lowest BCUT2D eigenvalue weighted by molar-refractivity contribution is -0.140. The van der Waals surface area contributed by atoms with Crippen molar-refractivity contribution in [1.29, 1.82) is 0 Å². The Hall–Kier alpha value is -1.49. The summed E-state index contributed by atoms with van der Waals surface area (Å²) in [6.45, 7) is 1.51. The molecule has 0 amide bonds. The van der Waals surface area contributed by atoms with Gasteiger partial charge in [-0.1, -0.05) is 0 Å². The fraction of sp³-hybridized carbons (Fsp3) is 0.500. The van der Waals surface area contributed by atoms with E-state index >= 15 is 0 Å². The molecule has 0 fully saturated rings. The second-order valence-corrected chi connectivity index (χ2v) is 3.10. The number of hydrogen-bond donors (Lipinski definition) is 1. The minimum Gasteiger partial charge on any atom is -0.469 e. The molecule has 1 aromatic rings. The number of methoxy groups -OCH3 is 1. The molecule has 0 unspecified atom stereocenters. The first-order chi connectivity index (χ1) is 7.33. The Morgan fingerprint density at radius 2 is 2.20 bits per heavy atom. The largest absolute Gasteiger partial charge is 0.469 e. The maximum atomic E-state index is 10.8. The highest BCUT2D eigenvalue weighted by Crippen LogP contribution is 1.93. The molecule has 0 atom stereocenters. The first kappa shape index (κ1) is 11.6. The molecule has 1 aromatic heterocycles. The lowest BCUT2D eigenvalue weighted by Gasteiger charge is -2.03. The Bertz CT molecular complexity index is 290. The molecule has 0 aromatic carbocycles. The van der Waals surface area contributed by atoms with Crippen LogP contribution >= 0.6 is 0 Å². The van der Waals surface area contributed by atoms with Crippen molar-refractivity contribution in [2.45, 2.75) is 19.4 Å². The lowest BCUT2D eigenvalue weighted by Crippen LogP contribution is -2.16. The third kappa shape index (κ3) is 5.07. The van der Waals surface area contributed by atoms with Crippen LogP contribution in [0.3, 0.4) is 0 Å². The summed E-state index contributed by atoms with van der Waals surface area (Å²) in [4.78, 5) is 18.6. The lowest BCUT2D eigenvalue weighted by atomic mass is 10.3. The molecule has 0 saturated heterocycles. The number of ether oxygens (including phenoxy) is 1. The summed E-state index contributed by atoms with van der Waals surface area (Å²) in [7, 11) is 1.40. The van der Waals surface area contributed by atoms with Gasteiger partial charge in [-0.2, -0.15) is 0 Å². The molecular formula is C10H15N3O2. The molecular weight excluding hydrogens is 194 g/mol. The summed E-state index contributed by atoms with van der Waals surface area (Å²) >= 11 is 0. The second-order valence-electron chi connectivity index (χ2n) is 3.10. The maximum Gasteiger partial charge on any atom is 0.305 e. The minimum absolute atomic E-state index is 0.167. The molecule has 15 heavy (non-hydrogen) atoms. The van der Waals surface area contributed by atoms with Gasteiger partial charge in [-0.05, 0) is 13.0 Å². The molecule has 0 saturated carbocycles. The molecule has 1 heterocycles. The van der Waals surface area contributed by atoms with E-state index in [1.165, 1.54) is 13.4 Å². The summed E-state index contributed by atoms with van der Waals surface area (Å²) < 4.78 is 4.53. The zero-order valence-corrected chi connectivity index (χ0v) is 8.77. The fourth-order valence-corrected chi connectivity index (χ4v) is 1.11. The van der Waals surface area contributed by atoms with Crippen LogP contribution in [0.1, 0.15) is 18.4 Å². The van der Waals surface area contributed by atoms with Gasteiger partial charge in [0.1, 0.15) is 6.33 Å². The van der Waals surface area contributed by atoms with Crippen LogP contribution in [0.4, 0.5) is 0 Å². The van der Waals surface area contributed by atoms with Gasteiger partial charge in [0, 0.05) is 30.9 Å². The summed E-state index contributed by atoms with van der Waals surface area (Å²) in [5.41, 5.74) is 1.04. The number of rotatable bonds is 6. The Balaban J connectivity index is 2.05. The van der Waals surface area contributed by atoms with Crippen molar-refractivity contribution in [2.75, 3.05) is 13.7 Å². The monoisotopic (exact) mass is 209 g/mol. The highest BCUT2D eigenvalue weighted by atomic mass is 16.5. The van der Waals surface area contributed by atoms with E-state index in [1.807, 2.05) is 0 Å². The molecule has 0 radical (unpaired) electrons. The molecule has 0 aliphatic heterocycles. The van der Waals surface area contributed by atoms with Crippen LogP contribution in [0, 0.1) is 0 Å². The summed E-state index contributed by atoms with van der Waals surface area (Å²) in [6.07, 6.45) is 6.26. The van der Waals surface area contributed by atoms with Crippen LogP contribution in [0.5, 0.6) is 0 Å². The summed E-state index contributed by atoms with van der Waals surface area (Å²) in [5.74, 6) is -0.167. The van der Waals surface area contributed by atoms with Crippen LogP contribution < -0.4 is 5.32 Å². The highest BCUT2D eigenvalue weighted by molar-refractivity contribution is 5.69. The molecule has 0 aliphatic carbocycles. The van der Waals surface area contributed by atoms with Crippen molar-refractivity contribution in [3.05, 3.63) is 24.3 Å². The van der Waals surface area contributed by atoms with Crippen LogP contribution in [0.2, 0.25) is 0 Å². The van der Waals surface area contributed by atoms with E-state index in [9.17, 15) is 4.79 Å². The highest BCUT2D eigenvalue weighted by Gasteiger charge is 1.98. The predicted molar refractivity (Wildman–Crippen MR) is 55.0 cm³/mol. The molecule has 0 spiro atoms. The number of aromatic nitrogens is 2. The fourth-order valence-electron chi connectivity index (χ4n) is 1.11. The SMILES string of the molecule is COC(=O)CCCNCc1cncnc1. The van der Waals surface area contributed by atoms with Crippen LogP contribution in [-0.4, -0.2) is 29.6 Å². The van der Waals surface area contributed by atoms with E-state index < -0.39 is 0 Å². The van der Waals surface area contributed by atoms with E-state index in [0.717, 1.165) is 25.1 Å². The van der Waals surface area contributed by atoms with Crippen LogP contribution in [-0.2, 0) is 16.1 Å². The Morgan fingerprint density at radius 3 is 2.87 bits per heavy atom. The summed E-state index contributed by atoms with van der Waals surface area (Å²) in [6, 6.07) is 0.